The third-order valence-electron chi connectivity index (χ3n) is 4.97. The number of hydrogen-bond acceptors (Lipinski definition) is 3. The van der Waals surface area contributed by atoms with Crippen molar-refractivity contribution in [3.63, 3.8) is 0 Å². The van der Waals surface area contributed by atoms with Crippen molar-refractivity contribution in [3.8, 4) is 0 Å². The Morgan fingerprint density at radius 2 is 2.10 bits per heavy atom. The van der Waals surface area contributed by atoms with Crippen LogP contribution in [0.25, 0.3) is 0 Å². The molecule has 1 aliphatic heterocycles. The summed E-state index contributed by atoms with van der Waals surface area (Å²) in [7, 11) is 0. The minimum Gasteiger partial charge on any atom is -0.393 e. The van der Waals surface area contributed by atoms with Gasteiger partial charge < -0.3 is 5.11 Å². The Balaban J connectivity index is 1.73. The first-order valence-corrected chi connectivity index (χ1v) is 8.14. The SMILES string of the molecule is CC(C(=O)c1ccc(Cl)cc1Cl)N1CC2CCC(O)C2C1. The Kier molecular flexibility index (Phi) is 4.28. The Morgan fingerprint density at radius 3 is 2.76 bits per heavy atom. The largest absolute Gasteiger partial charge is 0.393 e. The van der Waals surface area contributed by atoms with Gasteiger partial charge in [-0.05, 0) is 43.9 Å². The van der Waals surface area contributed by atoms with Crippen LogP contribution in [0.1, 0.15) is 30.1 Å². The van der Waals surface area contributed by atoms with Gasteiger partial charge in [0.15, 0.2) is 5.78 Å². The number of carbonyl (C=O) groups is 1. The molecule has 5 heteroatoms. The summed E-state index contributed by atoms with van der Waals surface area (Å²) in [6, 6.07) is 4.76. The van der Waals surface area contributed by atoms with Crippen molar-refractivity contribution in [3.05, 3.63) is 33.8 Å². The molecule has 0 spiro atoms. The van der Waals surface area contributed by atoms with Gasteiger partial charge in [-0.1, -0.05) is 23.2 Å². The van der Waals surface area contributed by atoms with Crippen LogP contribution in [-0.4, -0.2) is 41.0 Å². The topological polar surface area (TPSA) is 40.5 Å². The number of carbonyl (C=O) groups excluding carboxylic acids is 1. The molecule has 1 aromatic rings. The van der Waals surface area contributed by atoms with Crippen LogP contribution in [0, 0.1) is 11.8 Å². The van der Waals surface area contributed by atoms with Gasteiger partial charge in [0.2, 0.25) is 0 Å². The lowest BCUT2D eigenvalue weighted by molar-refractivity contribution is 0.0827. The number of rotatable bonds is 3. The Morgan fingerprint density at radius 1 is 1.33 bits per heavy atom. The van der Waals surface area contributed by atoms with Crippen LogP contribution in [0.5, 0.6) is 0 Å². The smallest absolute Gasteiger partial charge is 0.181 e. The molecule has 1 saturated carbocycles. The van der Waals surface area contributed by atoms with Gasteiger partial charge in [-0.2, -0.15) is 0 Å². The summed E-state index contributed by atoms with van der Waals surface area (Å²) in [4.78, 5) is 14.8. The summed E-state index contributed by atoms with van der Waals surface area (Å²) in [5.41, 5.74) is 0.520. The molecular formula is C16H19Cl2NO2. The number of likely N-dealkylation sites (tertiary alicyclic amines) is 1. The van der Waals surface area contributed by atoms with Gasteiger partial charge >= 0.3 is 0 Å². The number of benzene rings is 1. The summed E-state index contributed by atoms with van der Waals surface area (Å²) in [5.74, 6) is 0.864. The predicted molar refractivity (Wildman–Crippen MR) is 84.0 cm³/mol. The molecule has 0 bridgehead atoms. The number of ketones is 1. The lowest BCUT2D eigenvalue weighted by Crippen LogP contribution is -2.38. The van der Waals surface area contributed by atoms with E-state index in [9.17, 15) is 9.90 Å². The van der Waals surface area contributed by atoms with Crippen molar-refractivity contribution in [1.82, 2.24) is 4.90 Å². The second-order valence-corrected chi connectivity index (χ2v) is 7.03. The van der Waals surface area contributed by atoms with Gasteiger partial charge in [-0.25, -0.2) is 0 Å². The number of Topliss-reactive ketones (excluding diaryl/α,β-unsaturated/α-hetero) is 1. The molecule has 1 heterocycles. The van der Waals surface area contributed by atoms with E-state index in [2.05, 4.69) is 4.90 Å². The van der Waals surface area contributed by atoms with Crippen LogP contribution in [0.15, 0.2) is 18.2 Å². The maximum Gasteiger partial charge on any atom is 0.181 e. The molecule has 2 fully saturated rings. The molecule has 21 heavy (non-hydrogen) atoms. The van der Waals surface area contributed by atoms with Crippen LogP contribution in [-0.2, 0) is 0 Å². The van der Waals surface area contributed by atoms with Gasteiger partial charge in [-0.3, -0.25) is 9.69 Å². The zero-order valence-corrected chi connectivity index (χ0v) is 13.4. The van der Waals surface area contributed by atoms with Crippen molar-refractivity contribution in [2.24, 2.45) is 11.8 Å². The Bertz CT molecular complexity index is 563. The molecule has 0 aromatic heterocycles. The third kappa shape index (κ3) is 2.85. The molecule has 4 unspecified atom stereocenters. The molecule has 0 amide bonds. The zero-order valence-electron chi connectivity index (χ0n) is 11.9. The highest BCUT2D eigenvalue weighted by Gasteiger charge is 2.44. The quantitative estimate of drug-likeness (QED) is 0.866. The molecular weight excluding hydrogens is 309 g/mol. The van der Waals surface area contributed by atoms with E-state index in [0.29, 0.717) is 27.4 Å². The highest BCUT2D eigenvalue weighted by atomic mass is 35.5. The minimum atomic E-state index is -0.221. The second-order valence-electron chi connectivity index (χ2n) is 6.19. The van der Waals surface area contributed by atoms with Gasteiger partial charge in [0.1, 0.15) is 0 Å². The van der Waals surface area contributed by atoms with Crippen LogP contribution in [0.3, 0.4) is 0 Å². The van der Waals surface area contributed by atoms with Gasteiger partial charge in [0, 0.05) is 29.6 Å². The third-order valence-corrected chi connectivity index (χ3v) is 5.52. The first-order valence-electron chi connectivity index (χ1n) is 7.38. The molecule has 3 nitrogen and oxygen atoms in total. The van der Waals surface area contributed by atoms with Crippen LogP contribution < -0.4 is 0 Å². The summed E-state index contributed by atoms with van der Waals surface area (Å²) in [5, 5.41) is 10.9. The molecule has 1 aromatic carbocycles. The summed E-state index contributed by atoms with van der Waals surface area (Å²) in [6.45, 7) is 3.60. The average molecular weight is 328 g/mol. The zero-order chi connectivity index (χ0) is 15.1. The number of halogens is 2. The van der Waals surface area contributed by atoms with Crippen LogP contribution in [0.2, 0.25) is 10.0 Å². The average Bonchev–Trinajstić information content (AvgIpc) is 3.00. The fourth-order valence-electron chi connectivity index (χ4n) is 3.67. The van der Waals surface area contributed by atoms with E-state index in [1.165, 1.54) is 0 Å². The number of nitrogens with zero attached hydrogens (tertiary/aromatic N) is 1. The molecule has 3 rings (SSSR count). The first-order chi connectivity index (χ1) is 9.97. The van der Waals surface area contributed by atoms with Crippen LogP contribution in [0.4, 0.5) is 0 Å². The molecule has 4 atom stereocenters. The highest BCUT2D eigenvalue weighted by molar-refractivity contribution is 6.37. The maximum absolute atomic E-state index is 12.6. The van der Waals surface area contributed by atoms with Crippen molar-refractivity contribution in [2.75, 3.05) is 13.1 Å². The molecule has 1 saturated heterocycles. The van der Waals surface area contributed by atoms with Crippen molar-refractivity contribution >= 4 is 29.0 Å². The number of hydrogen-bond donors (Lipinski definition) is 1. The van der Waals surface area contributed by atoms with Crippen molar-refractivity contribution in [1.29, 1.82) is 0 Å². The van der Waals surface area contributed by atoms with E-state index in [1.54, 1.807) is 18.2 Å². The van der Waals surface area contributed by atoms with Gasteiger partial charge in [-0.15, -0.1) is 0 Å². The number of aliphatic hydroxyl groups excluding tert-OH is 1. The van der Waals surface area contributed by atoms with Crippen molar-refractivity contribution < 1.29 is 9.90 Å². The molecule has 1 aliphatic carbocycles. The number of aliphatic hydroxyl groups is 1. The second kappa shape index (κ2) is 5.88. The monoisotopic (exact) mass is 327 g/mol. The summed E-state index contributed by atoms with van der Waals surface area (Å²) in [6.07, 6.45) is 1.75. The fraction of sp³-hybridized carbons (Fsp3) is 0.562. The number of fused-ring (bicyclic) bond motifs is 1. The standard InChI is InChI=1S/C16H19Cl2NO2/c1-9(16(21)12-4-3-11(17)6-14(12)18)19-7-10-2-5-15(20)13(10)8-19/h3-4,6,9-10,13,15,20H,2,5,7-8H2,1H3. The summed E-state index contributed by atoms with van der Waals surface area (Å²) < 4.78 is 0. The van der Waals surface area contributed by atoms with E-state index in [0.717, 1.165) is 25.9 Å². The highest BCUT2D eigenvalue weighted by Crippen LogP contribution is 2.39. The van der Waals surface area contributed by atoms with Crippen molar-refractivity contribution in [2.45, 2.75) is 31.9 Å². The maximum atomic E-state index is 12.6. The van der Waals surface area contributed by atoms with E-state index in [4.69, 9.17) is 23.2 Å². The van der Waals surface area contributed by atoms with E-state index in [1.807, 2.05) is 6.92 Å². The molecule has 1 N–H and O–H groups in total. The van der Waals surface area contributed by atoms with Crippen LogP contribution >= 0.6 is 23.2 Å². The predicted octanol–water partition coefficient (Wildman–Crippen LogP) is 3.27. The molecule has 0 radical (unpaired) electrons. The fourth-order valence-corrected chi connectivity index (χ4v) is 4.17. The van der Waals surface area contributed by atoms with E-state index < -0.39 is 0 Å². The van der Waals surface area contributed by atoms with E-state index >= 15 is 0 Å². The molecule has 2 aliphatic rings. The lowest BCUT2D eigenvalue weighted by atomic mass is 10.00. The van der Waals surface area contributed by atoms with E-state index in [-0.39, 0.29) is 17.9 Å². The Hall–Kier alpha value is -0.610. The normalized spacial score (nSPS) is 30.4. The lowest BCUT2D eigenvalue weighted by Gasteiger charge is -2.24. The molecule has 114 valence electrons. The van der Waals surface area contributed by atoms with Gasteiger partial charge in [0.25, 0.3) is 0 Å². The van der Waals surface area contributed by atoms with Gasteiger partial charge in [0.05, 0.1) is 17.2 Å². The summed E-state index contributed by atoms with van der Waals surface area (Å²) >= 11 is 12.0. The Labute approximate surface area is 134 Å². The first kappa shape index (κ1) is 15.3. The minimum absolute atomic E-state index is 0.0196.